The molecule has 0 saturated carbocycles. The summed E-state index contributed by atoms with van der Waals surface area (Å²) >= 11 is 0. The van der Waals surface area contributed by atoms with E-state index in [1.165, 1.54) is 32.4 Å². The standard InChI is InChI=1S/C18H31N7.HI/c1-19-17(22-9-4-16-5-10-23(2)11-6-16)24-12-14-25(15-13-24)18-20-7-3-8-21-18;/h3,7-8,16H,4-6,9-15H2,1-2H3,(H,19,22);1H. The molecule has 7 nitrogen and oxygen atoms in total. The number of piperidine rings is 1. The molecule has 2 aliphatic rings. The molecule has 2 aliphatic heterocycles. The Hall–Kier alpha value is -1.16. The lowest BCUT2D eigenvalue weighted by Gasteiger charge is -2.36. The van der Waals surface area contributed by atoms with Crippen LogP contribution in [0.4, 0.5) is 5.95 Å². The smallest absolute Gasteiger partial charge is 0.225 e. The van der Waals surface area contributed by atoms with Crippen LogP contribution in [0, 0.1) is 5.92 Å². The fourth-order valence-electron chi connectivity index (χ4n) is 3.64. The van der Waals surface area contributed by atoms with Gasteiger partial charge in [-0.1, -0.05) is 0 Å². The van der Waals surface area contributed by atoms with Crippen LogP contribution in [-0.4, -0.2) is 85.6 Å². The first-order valence-electron chi connectivity index (χ1n) is 9.42. The molecule has 1 aromatic rings. The molecule has 0 aromatic carbocycles. The molecule has 0 radical (unpaired) electrons. The van der Waals surface area contributed by atoms with Crippen molar-refractivity contribution < 1.29 is 0 Å². The topological polar surface area (TPSA) is 59.9 Å². The predicted molar refractivity (Wildman–Crippen MR) is 117 cm³/mol. The molecule has 0 bridgehead atoms. The molecule has 0 aliphatic carbocycles. The molecule has 2 saturated heterocycles. The molecule has 0 unspecified atom stereocenters. The van der Waals surface area contributed by atoms with Crippen LogP contribution >= 0.6 is 24.0 Å². The van der Waals surface area contributed by atoms with Crippen molar-refractivity contribution in [2.24, 2.45) is 10.9 Å². The number of aliphatic imine (C=N–C) groups is 1. The summed E-state index contributed by atoms with van der Waals surface area (Å²) in [5, 5.41) is 3.56. The first-order valence-corrected chi connectivity index (χ1v) is 9.42. The average molecular weight is 473 g/mol. The van der Waals surface area contributed by atoms with Crippen molar-refractivity contribution in [3.05, 3.63) is 18.5 Å². The quantitative estimate of drug-likeness (QED) is 0.407. The van der Waals surface area contributed by atoms with Crippen molar-refractivity contribution in [2.75, 3.05) is 64.8 Å². The summed E-state index contributed by atoms with van der Waals surface area (Å²) in [6.45, 7) is 7.26. The molecule has 3 heterocycles. The van der Waals surface area contributed by atoms with E-state index in [9.17, 15) is 0 Å². The zero-order chi connectivity index (χ0) is 17.5. The van der Waals surface area contributed by atoms with E-state index < -0.39 is 0 Å². The van der Waals surface area contributed by atoms with Crippen molar-refractivity contribution in [1.29, 1.82) is 0 Å². The third kappa shape index (κ3) is 5.94. The summed E-state index contributed by atoms with van der Waals surface area (Å²) in [6, 6.07) is 1.86. The molecule has 1 N–H and O–H groups in total. The molecule has 1 aromatic heterocycles. The molecule has 8 heteroatoms. The molecule has 2 fully saturated rings. The molecule has 3 rings (SSSR count). The van der Waals surface area contributed by atoms with Crippen molar-refractivity contribution in [1.82, 2.24) is 25.1 Å². The van der Waals surface area contributed by atoms with Crippen molar-refractivity contribution in [3.63, 3.8) is 0 Å². The lowest BCUT2D eigenvalue weighted by atomic mass is 9.94. The van der Waals surface area contributed by atoms with E-state index in [1.807, 2.05) is 13.1 Å². The highest BCUT2D eigenvalue weighted by molar-refractivity contribution is 14.0. The van der Waals surface area contributed by atoms with Gasteiger partial charge in [0.05, 0.1) is 0 Å². The first kappa shape index (κ1) is 21.1. The maximum atomic E-state index is 4.48. The Labute approximate surface area is 174 Å². The van der Waals surface area contributed by atoms with Gasteiger partial charge in [-0.2, -0.15) is 0 Å². The van der Waals surface area contributed by atoms with Gasteiger partial charge >= 0.3 is 0 Å². The zero-order valence-electron chi connectivity index (χ0n) is 16.0. The summed E-state index contributed by atoms with van der Waals surface area (Å²) in [5.74, 6) is 2.71. The Morgan fingerprint density at radius 1 is 1.12 bits per heavy atom. The summed E-state index contributed by atoms with van der Waals surface area (Å²) in [7, 11) is 4.10. The third-order valence-electron chi connectivity index (χ3n) is 5.30. The summed E-state index contributed by atoms with van der Waals surface area (Å²) in [5.41, 5.74) is 0. The number of piperazine rings is 1. The van der Waals surface area contributed by atoms with E-state index in [0.717, 1.165) is 50.5 Å². The fourth-order valence-corrected chi connectivity index (χ4v) is 3.64. The Morgan fingerprint density at radius 3 is 2.38 bits per heavy atom. The van der Waals surface area contributed by atoms with Crippen LogP contribution in [0.25, 0.3) is 0 Å². The van der Waals surface area contributed by atoms with Crippen LogP contribution in [0.1, 0.15) is 19.3 Å². The van der Waals surface area contributed by atoms with Crippen LogP contribution < -0.4 is 10.2 Å². The third-order valence-corrected chi connectivity index (χ3v) is 5.30. The van der Waals surface area contributed by atoms with Gasteiger partial charge < -0.3 is 20.0 Å². The van der Waals surface area contributed by atoms with Crippen LogP contribution in [0.3, 0.4) is 0 Å². The molecule has 26 heavy (non-hydrogen) atoms. The second-order valence-electron chi connectivity index (χ2n) is 7.03. The van der Waals surface area contributed by atoms with E-state index >= 15 is 0 Å². The fraction of sp³-hybridized carbons (Fsp3) is 0.722. The summed E-state index contributed by atoms with van der Waals surface area (Å²) in [4.78, 5) is 20.2. The van der Waals surface area contributed by atoms with Gasteiger partial charge in [0.1, 0.15) is 0 Å². The van der Waals surface area contributed by atoms with E-state index in [1.54, 1.807) is 12.4 Å². The number of guanidine groups is 1. The second-order valence-corrected chi connectivity index (χ2v) is 7.03. The van der Waals surface area contributed by atoms with Crippen molar-refractivity contribution in [3.8, 4) is 0 Å². The Balaban J connectivity index is 0.00000243. The van der Waals surface area contributed by atoms with Gasteiger partial charge in [0.15, 0.2) is 5.96 Å². The second kappa shape index (κ2) is 10.9. The van der Waals surface area contributed by atoms with Crippen LogP contribution in [0.15, 0.2) is 23.5 Å². The lowest BCUT2D eigenvalue weighted by Crippen LogP contribution is -2.53. The number of nitrogens with zero attached hydrogens (tertiary/aromatic N) is 6. The highest BCUT2D eigenvalue weighted by Gasteiger charge is 2.21. The number of hydrogen-bond donors (Lipinski definition) is 1. The normalized spacial score (nSPS) is 20.0. The molecule has 0 amide bonds. The minimum absolute atomic E-state index is 0. The highest BCUT2D eigenvalue weighted by atomic mass is 127. The highest BCUT2D eigenvalue weighted by Crippen LogP contribution is 2.18. The van der Waals surface area contributed by atoms with Gasteiger partial charge in [-0.15, -0.1) is 24.0 Å². The Bertz CT molecular complexity index is 538. The van der Waals surface area contributed by atoms with Gasteiger partial charge in [0.25, 0.3) is 0 Å². The van der Waals surface area contributed by atoms with E-state index in [-0.39, 0.29) is 24.0 Å². The maximum absolute atomic E-state index is 4.48. The van der Waals surface area contributed by atoms with Gasteiger partial charge in [-0.25, -0.2) is 9.97 Å². The van der Waals surface area contributed by atoms with E-state index in [4.69, 9.17) is 0 Å². The van der Waals surface area contributed by atoms with Crippen molar-refractivity contribution in [2.45, 2.75) is 19.3 Å². The SMILES string of the molecule is CN=C(NCCC1CCN(C)CC1)N1CCN(c2ncccn2)CC1.I. The molecule has 0 spiro atoms. The molecule has 146 valence electrons. The summed E-state index contributed by atoms with van der Waals surface area (Å²) < 4.78 is 0. The van der Waals surface area contributed by atoms with Gasteiger partial charge in [0.2, 0.25) is 5.95 Å². The van der Waals surface area contributed by atoms with Gasteiger partial charge in [-0.3, -0.25) is 4.99 Å². The summed E-state index contributed by atoms with van der Waals surface area (Å²) in [6.07, 6.45) is 7.50. The average Bonchev–Trinajstić information content (AvgIpc) is 2.68. The number of likely N-dealkylation sites (tertiary alicyclic amines) is 1. The number of anilines is 1. The Kier molecular flexibility index (Phi) is 8.83. The zero-order valence-corrected chi connectivity index (χ0v) is 18.3. The Morgan fingerprint density at radius 2 is 1.77 bits per heavy atom. The largest absolute Gasteiger partial charge is 0.356 e. The van der Waals surface area contributed by atoms with Crippen LogP contribution in [0.5, 0.6) is 0 Å². The number of halogens is 1. The van der Waals surface area contributed by atoms with Crippen LogP contribution in [0.2, 0.25) is 0 Å². The predicted octanol–water partition coefficient (Wildman–Crippen LogP) is 1.52. The monoisotopic (exact) mass is 473 g/mol. The number of hydrogen-bond acceptors (Lipinski definition) is 5. The van der Waals surface area contributed by atoms with E-state index in [2.05, 4.69) is 42.0 Å². The molecular formula is C18H32IN7. The maximum Gasteiger partial charge on any atom is 0.225 e. The number of aromatic nitrogens is 2. The molecule has 0 atom stereocenters. The lowest BCUT2D eigenvalue weighted by molar-refractivity contribution is 0.212. The van der Waals surface area contributed by atoms with E-state index in [0.29, 0.717) is 0 Å². The van der Waals surface area contributed by atoms with Crippen LogP contribution in [-0.2, 0) is 0 Å². The van der Waals surface area contributed by atoms with Crippen molar-refractivity contribution >= 4 is 35.9 Å². The van der Waals surface area contributed by atoms with Gasteiger partial charge in [0, 0.05) is 52.2 Å². The minimum Gasteiger partial charge on any atom is -0.356 e. The number of nitrogens with one attached hydrogen (secondary N) is 1. The number of rotatable bonds is 4. The van der Waals surface area contributed by atoms with Gasteiger partial charge in [-0.05, 0) is 51.4 Å². The molecular weight excluding hydrogens is 441 g/mol. The first-order chi connectivity index (χ1) is 12.3. The minimum atomic E-state index is 0.